The first kappa shape index (κ1) is 16.3. The number of hydrogen-bond donors (Lipinski definition) is 2. The van der Waals surface area contributed by atoms with Gasteiger partial charge in [-0.1, -0.05) is 12.1 Å². The largest absolute Gasteiger partial charge is 0.488 e. The van der Waals surface area contributed by atoms with Crippen LogP contribution in [0, 0.1) is 6.92 Å². The SMILES string of the molecule is COC(=O)c1nc(NC(=O)c2[nH]nc3c2COc2ccccc2-3)sc1C. The molecular formula is C17H14N4O4S. The Labute approximate surface area is 152 Å². The highest BCUT2D eigenvalue weighted by atomic mass is 32.1. The molecule has 0 aliphatic carbocycles. The van der Waals surface area contributed by atoms with Gasteiger partial charge in [-0.3, -0.25) is 15.2 Å². The van der Waals surface area contributed by atoms with Crippen molar-refractivity contribution in [2.24, 2.45) is 0 Å². The van der Waals surface area contributed by atoms with Crippen LogP contribution < -0.4 is 10.1 Å². The van der Waals surface area contributed by atoms with Crippen LogP contribution in [-0.2, 0) is 11.3 Å². The van der Waals surface area contributed by atoms with Gasteiger partial charge in [0.1, 0.15) is 23.7 Å². The first-order valence-corrected chi connectivity index (χ1v) is 8.56. The number of rotatable bonds is 3. The van der Waals surface area contributed by atoms with Crippen molar-refractivity contribution in [3.05, 3.63) is 46.1 Å². The van der Waals surface area contributed by atoms with E-state index in [4.69, 9.17) is 4.74 Å². The fourth-order valence-corrected chi connectivity index (χ4v) is 3.55. The van der Waals surface area contributed by atoms with E-state index in [1.807, 2.05) is 24.3 Å². The smallest absolute Gasteiger partial charge is 0.357 e. The van der Waals surface area contributed by atoms with Crippen LogP contribution in [0.1, 0.15) is 31.4 Å². The van der Waals surface area contributed by atoms with Gasteiger partial charge in [0.2, 0.25) is 0 Å². The number of carbonyl (C=O) groups excluding carboxylic acids is 2. The van der Waals surface area contributed by atoms with Crippen molar-refractivity contribution >= 4 is 28.3 Å². The fraction of sp³-hybridized carbons (Fsp3) is 0.176. The number of thiazole rings is 1. The van der Waals surface area contributed by atoms with Gasteiger partial charge < -0.3 is 9.47 Å². The van der Waals surface area contributed by atoms with E-state index in [9.17, 15) is 9.59 Å². The summed E-state index contributed by atoms with van der Waals surface area (Å²) in [6.45, 7) is 1.98. The van der Waals surface area contributed by atoms with Crippen LogP contribution in [0.3, 0.4) is 0 Å². The van der Waals surface area contributed by atoms with Gasteiger partial charge in [0.25, 0.3) is 5.91 Å². The number of para-hydroxylation sites is 1. The third-order valence-electron chi connectivity index (χ3n) is 4.00. The molecule has 0 fully saturated rings. The molecule has 0 saturated heterocycles. The second-order valence-corrected chi connectivity index (χ2v) is 6.78. The molecule has 3 heterocycles. The molecule has 1 aliphatic rings. The predicted octanol–water partition coefficient (Wildman–Crippen LogP) is 2.77. The van der Waals surface area contributed by atoms with Crippen molar-refractivity contribution in [2.45, 2.75) is 13.5 Å². The van der Waals surface area contributed by atoms with Crippen molar-refractivity contribution in [1.82, 2.24) is 15.2 Å². The number of anilines is 1. The van der Waals surface area contributed by atoms with E-state index in [1.165, 1.54) is 18.4 Å². The van der Waals surface area contributed by atoms with Crippen LogP contribution in [0.15, 0.2) is 24.3 Å². The predicted molar refractivity (Wildman–Crippen MR) is 94.5 cm³/mol. The Morgan fingerprint density at radius 1 is 1.35 bits per heavy atom. The number of methoxy groups -OCH3 is 1. The van der Waals surface area contributed by atoms with Crippen LogP contribution in [-0.4, -0.2) is 34.2 Å². The number of ether oxygens (including phenoxy) is 2. The second kappa shape index (κ2) is 6.26. The summed E-state index contributed by atoms with van der Waals surface area (Å²) in [6, 6.07) is 7.52. The lowest BCUT2D eigenvalue weighted by Gasteiger charge is -2.16. The first-order chi connectivity index (χ1) is 12.6. The lowest BCUT2D eigenvalue weighted by atomic mass is 10.0. The first-order valence-electron chi connectivity index (χ1n) is 7.75. The Hall–Kier alpha value is -3.20. The molecule has 26 heavy (non-hydrogen) atoms. The average Bonchev–Trinajstić information content (AvgIpc) is 3.24. The van der Waals surface area contributed by atoms with Crippen LogP contribution >= 0.6 is 11.3 Å². The van der Waals surface area contributed by atoms with Gasteiger partial charge in [0, 0.05) is 16.0 Å². The minimum Gasteiger partial charge on any atom is -0.488 e. The minimum atomic E-state index is -0.539. The van der Waals surface area contributed by atoms with Gasteiger partial charge in [-0.15, -0.1) is 11.3 Å². The number of esters is 1. The number of fused-ring (bicyclic) bond motifs is 3. The highest BCUT2D eigenvalue weighted by Gasteiger charge is 2.27. The minimum absolute atomic E-state index is 0.191. The van der Waals surface area contributed by atoms with E-state index in [1.54, 1.807) is 6.92 Å². The number of carbonyl (C=O) groups is 2. The van der Waals surface area contributed by atoms with Crippen LogP contribution in [0.4, 0.5) is 5.13 Å². The molecule has 9 heteroatoms. The normalized spacial score (nSPS) is 11.9. The molecule has 0 saturated carbocycles. The third kappa shape index (κ3) is 2.62. The number of hydrogen-bond acceptors (Lipinski definition) is 7. The quantitative estimate of drug-likeness (QED) is 0.687. The van der Waals surface area contributed by atoms with Gasteiger partial charge in [-0.05, 0) is 19.1 Å². The Morgan fingerprint density at radius 2 is 2.15 bits per heavy atom. The fourth-order valence-electron chi connectivity index (χ4n) is 2.75. The molecule has 0 unspecified atom stereocenters. The Morgan fingerprint density at radius 3 is 2.96 bits per heavy atom. The maximum Gasteiger partial charge on any atom is 0.357 e. The van der Waals surface area contributed by atoms with Crippen LogP contribution in [0.25, 0.3) is 11.3 Å². The number of nitrogens with zero attached hydrogens (tertiary/aromatic N) is 2. The highest BCUT2D eigenvalue weighted by Crippen LogP contribution is 2.37. The summed E-state index contributed by atoms with van der Waals surface area (Å²) in [7, 11) is 1.29. The molecule has 4 rings (SSSR count). The molecule has 132 valence electrons. The van der Waals surface area contributed by atoms with Crippen molar-refractivity contribution in [3.63, 3.8) is 0 Å². The summed E-state index contributed by atoms with van der Waals surface area (Å²) in [5.74, 6) is -0.202. The zero-order chi connectivity index (χ0) is 18.3. The van der Waals surface area contributed by atoms with Crippen LogP contribution in [0.2, 0.25) is 0 Å². The Kier molecular flexibility index (Phi) is 3.92. The molecule has 1 aliphatic heterocycles. The van der Waals surface area contributed by atoms with Crippen molar-refractivity contribution in [1.29, 1.82) is 0 Å². The summed E-state index contributed by atoms with van der Waals surface area (Å²) < 4.78 is 10.4. The molecule has 8 nitrogen and oxygen atoms in total. The third-order valence-corrected chi connectivity index (χ3v) is 4.89. The van der Waals surface area contributed by atoms with Gasteiger partial charge >= 0.3 is 5.97 Å². The number of nitrogens with one attached hydrogen (secondary N) is 2. The van der Waals surface area contributed by atoms with Crippen molar-refractivity contribution < 1.29 is 19.1 Å². The van der Waals surface area contributed by atoms with E-state index in [0.29, 0.717) is 27.0 Å². The maximum absolute atomic E-state index is 12.6. The molecule has 2 aromatic heterocycles. The molecule has 0 radical (unpaired) electrons. The lowest BCUT2D eigenvalue weighted by Crippen LogP contribution is -2.16. The van der Waals surface area contributed by atoms with Crippen molar-refractivity contribution in [2.75, 3.05) is 12.4 Å². The molecule has 0 atom stereocenters. The number of amides is 1. The summed E-state index contributed by atoms with van der Waals surface area (Å²) >= 11 is 1.20. The number of aromatic amines is 1. The van der Waals surface area contributed by atoms with E-state index in [-0.39, 0.29) is 12.3 Å². The topological polar surface area (TPSA) is 106 Å². The standard InChI is InChI=1S/C17H14N4O4S/c1-8-12(16(23)24-2)18-17(26-8)19-15(22)14-10-7-25-11-6-4-3-5-9(11)13(10)20-21-14/h3-6H,7H2,1-2H3,(H,20,21)(H,18,19,22). The van der Waals surface area contributed by atoms with Crippen molar-refractivity contribution in [3.8, 4) is 17.0 Å². The lowest BCUT2D eigenvalue weighted by molar-refractivity contribution is 0.0594. The monoisotopic (exact) mass is 370 g/mol. The summed E-state index contributed by atoms with van der Waals surface area (Å²) in [5.41, 5.74) is 2.71. The van der Waals surface area contributed by atoms with Gasteiger partial charge in [0.15, 0.2) is 10.8 Å². The maximum atomic E-state index is 12.6. The number of benzene rings is 1. The summed E-state index contributed by atoms with van der Waals surface area (Å²) in [4.78, 5) is 29.1. The van der Waals surface area contributed by atoms with Crippen LogP contribution in [0.5, 0.6) is 5.75 Å². The second-order valence-electron chi connectivity index (χ2n) is 5.58. The molecule has 0 spiro atoms. The molecule has 2 N–H and O–H groups in total. The Bertz CT molecular complexity index is 1020. The molecule has 1 aromatic carbocycles. The number of aromatic nitrogens is 3. The average molecular weight is 370 g/mol. The zero-order valence-electron chi connectivity index (χ0n) is 14.0. The zero-order valence-corrected chi connectivity index (χ0v) is 14.8. The van der Waals surface area contributed by atoms with Gasteiger partial charge in [-0.25, -0.2) is 9.78 Å². The summed E-state index contributed by atoms with van der Waals surface area (Å²) in [6.07, 6.45) is 0. The molecule has 1 amide bonds. The van der Waals surface area contributed by atoms with Gasteiger partial charge in [-0.2, -0.15) is 5.10 Å². The number of H-pyrrole nitrogens is 1. The number of aryl methyl sites for hydroxylation is 1. The van der Waals surface area contributed by atoms with E-state index < -0.39 is 11.9 Å². The van der Waals surface area contributed by atoms with E-state index in [0.717, 1.165) is 11.3 Å². The molecule has 3 aromatic rings. The van der Waals surface area contributed by atoms with E-state index >= 15 is 0 Å². The highest BCUT2D eigenvalue weighted by molar-refractivity contribution is 7.16. The summed E-state index contributed by atoms with van der Waals surface area (Å²) in [5, 5.41) is 10.0. The molecule has 0 bridgehead atoms. The molecular weight excluding hydrogens is 356 g/mol. The van der Waals surface area contributed by atoms with Gasteiger partial charge in [0.05, 0.1) is 7.11 Å². The Balaban J connectivity index is 1.62. The van der Waals surface area contributed by atoms with E-state index in [2.05, 4.69) is 25.2 Å².